The Bertz CT molecular complexity index is 567. The summed E-state index contributed by atoms with van der Waals surface area (Å²) in [6.45, 7) is 3.81. The number of benzene rings is 2. The SMILES string of the molecule is COCc1cccc(OCc2ccc(CN)cc2C)c1. The molecule has 0 radical (unpaired) electrons. The average molecular weight is 271 g/mol. The summed E-state index contributed by atoms with van der Waals surface area (Å²) in [7, 11) is 1.69. The molecule has 0 fully saturated rings. The van der Waals surface area contributed by atoms with Gasteiger partial charge >= 0.3 is 0 Å². The van der Waals surface area contributed by atoms with Gasteiger partial charge in [-0.3, -0.25) is 0 Å². The van der Waals surface area contributed by atoms with Gasteiger partial charge in [-0.1, -0.05) is 30.3 Å². The smallest absolute Gasteiger partial charge is 0.120 e. The molecular weight excluding hydrogens is 250 g/mol. The van der Waals surface area contributed by atoms with Crippen molar-refractivity contribution in [1.82, 2.24) is 0 Å². The monoisotopic (exact) mass is 271 g/mol. The maximum atomic E-state index is 5.85. The van der Waals surface area contributed by atoms with E-state index >= 15 is 0 Å². The largest absolute Gasteiger partial charge is 0.489 e. The van der Waals surface area contributed by atoms with Gasteiger partial charge < -0.3 is 15.2 Å². The summed E-state index contributed by atoms with van der Waals surface area (Å²) in [5.41, 5.74) is 10.3. The second kappa shape index (κ2) is 7.08. The number of nitrogens with two attached hydrogens (primary N) is 1. The van der Waals surface area contributed by atoms with E-state index in [-0.39, 0.29) is 0 Å². The summed E-state index contributed by atoms with van der Waals surface area (Å²) in [5, 5.41) is 0. The van der Waals surface area contributed by atoms with Crippen LogP contribution in [-0.2, 0) is 24.5 Å². The van der Waals surface area contributed by atoms with Crippen LogP contribution in [0, 0.1) is 6.92 Å². The van der Waals surface area contributed by atoms with Crippen LogP contribution in [0.1, 0.15) is 22.3 Å². The fourth-order valence-electron chi connectivity index (χ4n) is 2.10. The highest BCUT2D eigenvalue weighted by Crippen LogP contribution is 2.17. The molecule has 0 unspecified atom stereocenters. The highest BCUT2D eigenvalue weighted by Gasteiger charge is 2.02. The third kappa shape index (κ3) is 3.83. The predicted molar refractivity (Wildman–Crippen MR) is 80.6 cm³/mol. The van der Waals surface area contributed by atoms with Crippen molar-refractivity contribution in [1.29, 1.82) is 0 Å². The normalized spacial score (nSPS) is 10.6. The maximum absolute atomic E-state index is 5.85. The van der Waals surface area contributed by atoms with Gasteiger partial charge in [-0.15, -0.1) is 0 Å². The van der Waals surface area contributed by atoms with Gasteiger partial charge in [-0.25, -0.2) is 0 Å². The average Bonchev–Trinajstić information content (AvgIpc) is 2.46. The third-order valence-electron chi connectivity index (χ3n) is 3.25. The molecule has 2 aromatic carbocycles. The van der Waals surface area contributed by atoms with E-state index in [9.17, 15) is 0 Å². The minimum absolute atomic E-state index is 0.563. The molecule has 106 valence electrons. The van der Waals surface area contributed by atoms with Crippen molar-refractivity contribution in [3.63, 3.8) is 0 Å². The number of hydrogen-bond acceptors (Lipinski definition) is 3. The summed E-state index contributed by atoms with van der Waals surface area (Å²) in [6, 6.07) is 14.2. The number of ether oxygens (including phenoxy) is 2. The molecule has 0 aliphatic rings. The van der Waals surface area contributed by atoms with Gasteiger partial charge in [0, 0.05) is 13.7 Å². The molecule has 0 saturated heterocycles. The zero-order chi connectivity index (χ0) is 14.4. The van der Waals surface area contributed by atoms with Gasteiger partial charge in [-0.05, 0) is 41.3 Å². The lowest BCUT2D eigenvalue weighted by Gasteiger charge is -2.11. The van der Waals surface area contributed by atoms with Crippen LogP contribution in [0.3, 0.4) is 0 Å². The first-order valence-electron chi connectivity index (χ1n) is 6.72. The second-order valence-electron chi connectivity index (χ2n) is 4.83. The van der Waals surface area contributed by atoms with Gasteiger partial charge in [0.25, 0.3) is 0 Å². The summed E-state index contributed by atoms with van der Waals surface area (Å²) in [4.78, 5) is 0. The van der Waals surface area contributed by atoms with Crippen molar-refractivity contribution in [3.8, 4) is 5.75 Å². The molecule has 0 spiro atoms. The quantitative estimate of drug-likeness (QED) is 0.877. The Balaban J connectivity index is 2.03. The number of hydrogen-bond donors (Lipinski definition) is 1. The van der Waals surface area contributed by atoms with E-state index in [2.05, 4.69) is 19.1 Å². The van der Waals surface area contributed by atoms with Crippen LogP contribution < -0.4 is 10.5 Å². The molecule has 3 nitrogen and oxygen atoms in total. The molecular formula is C17H21NO2. The van der Waals surface area contributed by atoms with Crippen molar-refractivity contribution >= 4 is 0 Å². The lowest BCUT2D eigenvalue weighted by atomic mass is 10.1. The summed E-state index contributed by atoms with van der Waals surface area (Å²) >= 11 is 0. The third-order valence-corrected chi connectivity index (χ3v) is 3.25. The van der Waals surface area contributed by atoms with E-state index in [1.54, 1.807) is 7.11 Å². The molecule has 0 aliphatic heterocycles. The van der Waals surface area contributed by atoms with Gasteiger partial charge in [-0.2, -0.15) is 0 Å². The van der Waals surface area contributed by atoms with Gasteiger partial charge in [0.2, 0.25) is 0 Å². The molecule has 0 bridgehead atoms. The Labute approximate surface area is 120 Å². The molecule has 20 heavy (non-hydrogen) atoms. The summed E-state index contributed by atoms with van der Waals surface area (Å²) in [6.07, 6.45) is 0. The maximum Gasteiger partial charge on any atom is 0.120 e. The zero-order valence-electron chi connectivity index (χ0n) is 12.1. The first kappa shape index (κ1) is 14.6. The standard InChI is InChI=1S/C17H21NO2/c1-13-8-14(10-18)6-7-16(13)12-20-17-5-3-4-15(9-17)11-19-2/h3-9H,10-12,18H2,1-2H3. The number of aryl methyl sites for hydroxylation is 1. The van der Waals surface area contributed by atoms with Crippen molar-refractivity contribution in [2.24, 2.45) is 5.73 Å². The fourth-order valence-corrected chi connectivity index (χ4v) is 2.10. The number of rotatable bonds is 6. The first-order chi connectivity index (χ1) is 9.72. The first-order valence-corrected chi connectivity index (χ1v) is 6.72. The van der Waals surface area contributed by atoms with Gasteiger partial charge in [0.15, 0.2) is 0 Å². The van der Waals surface area contributed by atoms with E-state index in [4.69, 9.17) is 15.2 Å². The Kier molecular flexibility index (Phi) is 5.16. The Morgan fingerprint density at radius 2 is 1.85 bits per heavy atom. The molecule has 2 aromatic rings. The lowest BCUT2D eigenvalue weighted by molar-refractivity contribution is 0.184. The summed E-state index contributed by atoms with van der Waals surface area (Å²) in [5.74, 6) is 0.863. The minimum Gasteiger partial charge on any atom is -0.489 e. The topological polar surface area (TPSA) is 44.5 Å². The predicted octanol–water partition coefficient (Wildman–Crippen LogP) is 3.18. The van der Waals surface area contributed by atoms with Crippen LogP contribution >= 0.6 is 0 Å². The Morgan fingerprint density at radius 1 is 1.00 bits per heavy atom. The molecule has 2 N–H and O–H groups in total. The van der Waals surface area contributed by atoms with E-state index in [0.29, 0.717) is 19.8 Å². The fraction of sp³-hybridized carbons (Fsp3) is 0.294. The van der Waals surface area contributed by atoms with E-state index in [0.717, 1.165) is 16.9 Å². The molecule has 0 atom stereocenters. The van der Waals surface area contributed by atoms with Crippen molar-refractivity contribution in [2.45, 2.75) is 26.7 Å². The van der Waals surface area contributed by atoms with Crippen molar-refractivity contribution < 1.29 is 9.47 Å². The second-order valence-corrected chi connectivity index (χ2v) is 4.83. The lowest BCUT2D eigenvalue weighted by Crippen LogP contribution is -2.01. The molecule has 0 aliphatic carbocycles. The van der Waals surface area contributed by atoms with Crippen molar-refractivity contribution in [2.75, 3.05) is 7.11 Å². The molecule has 0 heterocycles. The van der Waals surface area contributed by atoms with Gasteiger partial charge in [0.1, 0.15) is 12.4 Å². The highest BCUT2D eigenvalue weighted by molar-refractivity contribution is 5.32. The van der Waals surface area contributed by atoms with Crippen LogP contribution in [0.4, 0.5) is 0 Å². The van der Waals surface area contributed by atoms with Crippen LogP contribution in [-0.4, -0.2) is 7.11 Å². The highest BCUT2D eigenvalue weighted by atomic mass is 16.5. The molecule has 0 aromatic heterocycles. The van der Waals surface area contributed by atoms with E-state index in [1.807, 2.05) is 30.3 Å². The van der Waals surface area contributed by atoms with E-state index < -0.39 is 0 Å². The van der Waals surface area contributed by atoms with E-state index in [1.165, 1.54) is 11.1 Å². The van der Waals surface area contributed by atoms with Crippen LogP contribution in [0.25, 0.3) is 0 Å². The van der Waals surface area contributed by atoms with Crippen LogP contribution in [0.2, 0.25) is 0 Å². The zero-order valence-corrected chi connectivity index (χ0v) is 12.1. The minimum atomic E-state index is 0.563. The van der Waals surface area contributed by atoms with Gasteiger partial charge in [0.05, 0.1) is 6.61 Å². The Hall–Kier alpha value is -1.84. The molecule has 2 rings (SSSR count). The van der Waals surface area contributed by atoms with Crippen molar-refractivity contribution in [3.05, 3.63) is 64.7 Å². The Morgan fingerprint density at radius 3 is 2.55 bits per heavy atom. The molecule has 0 saturated carbocycles. The van der Waals surface area contributed by atoms with Crippen LogP contribution in [0.15, 0.2) is 42.5 Å². The summed E-state index contributed by atoms with van der Waals surface area (Å²) < 4.78 is 11.0. The molecule has 3 heteroatoms. The number of methoxy groups -OCH3 is 1. The van der Waals surface area contributed by atoms with Crippen LogP contribution in [0.5, 0.6) is 5.75 Å². The molecule has 0 amide bonds.